The van der Waals surface area contributed by atoms with Gasteiger partial charge in [-0.3, -0.25) is 4.79 Å². The van der Waals surface area contributed by atoms with Gasteiger partial charge in [0.05, 0.1) is 11.0 Å². The van der Waals surface area contributed by atoms with Gasteiger partial charge in [-0.2, -0.15) is 0 Å². The highest BCUT2D eigenvalue weighted by atomic mass is 16.2. The van der Waals surface area contributed by atoms with Gasteiger partial charge in [-0.15, -0.1) is 0 Å². The third kappa shape index (κ3) is 2.99. The number of aryl methyl sites for hydroxylation is 2. The number of carbonyl (C=O) groups excluding carboxylic acids is 1. The first-order valence-electron chi connectivity index (χ1n) is 8.13. The van der Waals surface area contributed by atoms with Crippen LogP contribution < -0.4 is 5.73 Å². The zero-order chi connectivity index (χ0) is 15.5. The van der Waals surface area contributed by atoms with E-state index in [4.69, 9.17) is 5.73 Å². The van der Waals surface area contributed by atoms with E-state index in [2.05, 4.69) is 23.0 Å². The lowest BCUT2D eigenvalue weighted by molar-refractivity contribution is -0.134. The van der Waals surface area contributed by atoms with Crippen LogP contribution in [0.25, 0.3) is 11.0 Å². The van der Waals surface area contributed by atoms with Crippen molar-refractivity contribution in [3.05, 3.63) is 29.6 Å². The van der Waals surface area contributed by atoms with Gasteiger partial charge in [0.25, 0.3) is 0 Å². The molecule has 1 aromatic carbocycles. The van der Waals surface area contributed by atoms with Crippen LogP contribution in [0.15, 0.2) is 18.2 Å². The van der Waals surface area contributed by atoms with Gasteiger partial charge < -0.3 is 15.6 Å². The van der Waals surface area contributed by atoms with Crippen LogP contribution in [0, 0.1) is 6.92 Å². The second-order valence-corrected chi connectivity index (χ2v) is 6.13. The molecule has 5 heteroatoms. The molecule has 2 aromatic rings. The quantitative estimate of drug-likeness (QED) is 0.908. The van der Waals surface area contributed by atoms with Crippen LogP contribution in [-0.2, 0) is 11.2 Å². The van der Waals surface area contributed by atoms with Crippen LogP contribution >= 0.6 is 0 Å². The molecule has 0 spiro atoms. The number of amides is 1. The Morgan fingerprint density at radius 1 is 1.45 bits per heavy atom. The molecule has 118 valence electrons. The maximum absolute atomic E-state index is 12.5. The van der Waals surface area contributed by atoms with Crippen molar-refractivity contribution in [1.29, 1.82) is 0 Å². The summed E-state index contributed by atoms with van der Waals surface area (Å²) < 4.78 is 0. The van der Waals surface area contributed by atoms with Crippen molar-refractivity contribution in [3.63, 3.8) is 0 Å². The van der Waals surface area contributed by atoms with Crippen LogP contribution in [0.2, 0.25) is 0 Å². The lowest BCUT2D eigenvalue weighted by atomic mass is 10.0. The van der Waals surface area contributed by atoms with Gasteiger partial charge in [0.2, 0.25) is 5.91 Å². The average molecular weight is 300 g/mol. The van der Waals surface area contributed by atoms with E-state index in [1.807, 2.05) is 17.0 Å². The number of benzene rings is 1. The molecule has 0 saturated carbocycles. The highest BCUT2D eigenvalue weighted by Gasteiger charge is 2.25. The van der Waals surface area contributed by atoms with Gasteiger partial charge in [-0.05, 0) is 37.8 Å². The molecule has 0 bridgehead atoms. The van der Waals surface area contributed by atoms with E-state index in [-0.39, 0.29) is 11.9 Å². The van der Waals surface area contributed by atoms with Crippen molar-refractivity contribution < 1.29 is 4.79 Å². The zero-order valence-corrected chi connectivity index (χ0v) is 13.1. The van der Waals surface area contributed by atoms with Gasteiger partial charge in [0.15, 0.2) is 0 Å². The lowest BCUT2D eigenvalue weighted by Gasteiger charge is -2.35. The molecule has 1 saturated heterocycles. The highest BCUT2D eigenvalue weighted by molar-refractivity contribution is 5.79. The Labute approximate surface area is 130 Å². The SMILES string of the molecule is Cc1cccc2[nH]c(CCC(=O)N3CCCC[C@H]3CN)nc12. The molecule has 0 radical (unpaired) electrons. The largest absolute Gasteiger partial charge is 0.342 e. The fourth-order valence-electron chi connectivity index (χ4n) is 3.29. The Kier molecular flexibility index (Phi) is 4.43. The van der Waals surface area contributed by atoms with Crippen molar-refractivity contribution in [2.75, 3.05) is 13.1 Å². The number of nitrogens with two attached hydrogens (primary N) is 1. The van der Waals surface area contributed by atoms with E-state index in [9.17, 15) is 4.79 Å². The van der Waals surface area contributed by atoms with Gasteiger partial charge >= 0.3 is 0 Å². The molecule has 0 unspecified atom stereocenters. The molecule has 5 nitrogen and oxygen atoms in total. The number of piperidine rings is 1. The Morgan fingerprint density at radius 3 is 3.09 bits per heavy atom. The third-order valence-electron chi connectivity index (χ3n) is 4.56. The van der Waals surface area contributed by atoms with Crippen LogP contribution in [0.4, 0.5) is 0 Å². The zero-order valence-electron chi connectivity index (χ0n) is 13.1. The molecule has 22 heavy (non-hydrogen) atoms. The third-order valence-corrected chi connectivity index (χ3v) is 4.56. The first-order valence-corrected chi connectivity index (χ1v) is 8.13. The van der Waals surface area contributed by atoms with Gasteiger partial charge in [-0.1, -0.05) is 12.1 Å². The number of carbonyl (C=O) groups is 1. The fraction of sp³-hybridized carbons (Fsp3) is 0.529. The normalized spacial score (nSPS) is 18.8. The van der Waals surface area contributed by atoms with Gasteiger partial charge in [0.1, 0.15) is 5.82 Å². The summed E-state index contributed by atoms with van der Waals surface area (Å²) in [5, 5.41) is 0. The van der Waals surface area contributed by atoms with Crippen molar-refractivity contribution in [2.45, 2.75) is 45.1 Å². The summed E-state index contributed by atoms with van der Waals surface area (Å²) >= 11 is 0. The number of rotatable bonds is 4. The van der Waals surface area contributed by atoms with E-state index in [0.29, 0.717) is 19.4 Å². The number of likely N-dealkylation sites (tertiary alicyclic amines) is 1. The number of imidazole rings is 1. The molecule has 1 atom stereocenters. The summed E-state index contributed by atoms with van der Waals surface area (Å²) in [6.45, 7) is 3.47. The number of H-pyrrole nitrogens is 1. The molecular weight excluding hydrogens is 276 g/mol. The molecule has 2 heterocycles. The van der Waals surface area contributed by atoms with Crippen LogP contribution in [0.5, 0.6) is 0 Å². The van der Waals surface area contributed by atoms with Crippen LogP contribution in [0.3, 0.4) is 0 Å². The standard InChI is InChI=1S/C17H24N4O/c1-12-5-4-7-14-17(12)20-15(19-14)8-9-16(22)21-10-3-2-6-13(21)11-18/h4-5,7,13H,2-3,6,8-11,18H2,1H3,(H,19,20)/t13-/m0/s1. The Bertz CT molecular complexity index is 664. The van der Waals surface area contributed by atoms with Crippen molar-refractivity contribution in [3.8, 4) is 0 Å². The topological polar surface area (TPSA) is 75.0 Å². The smallest absolute Gasteiger partial charge is 0.223 e. The van der Waals surface area contributed by atoms with Crippen LogP contribution in [0.1, 0.15) is 37.1 Å². The number of hydrogen-bond acceptors (Lipinski definition) is 3. The first kappa shape index (κ1) is 15.0. The summed E-state index contributed by atoms with van der Waals surface area (Å²) in [6, 6.07) is 6.32. The number of aromatic amines is 1. The Hall–Kier alpha value is -1.88. The lowest BCUT2D eigenvalue weighted by Crippen LogP contribution is -2.47. The number of hydrogen-bond donors (Lipinski definition) is 2. The van der Waals surface area contributed by atoms with Crippen molar-refractivity contribution in [1.82, 2.24) is 14.9 Å². The number of fused-ring (bicyclic) bond motifs is 1. The monoisotopic (exact) mass is 300 g/mol. The summed E-state index contributed by atoms with van der Waals surface area (Å²) in [5.41, 5.74) is 9.00. The molecule has 3 rings (SSSR count). The molecule has 0 aliphatic carbocycles. The molecule has 1 aliphatic heterocycles. The molecule has 1 aliphatic rings. The van der Waals surface area contributed by atoms with Gasteiger partial charge in [-0.25, -0.2) is 4.98 Å². The Morgan fingerprint density at radius 2 is 2.32 bits per heavy atom. The predicted molar refractivity (Wildman–Crippen MR) is 87.6 cm³/mol. The van der Waals surface area contributed by atoms with E-state index in [1.54, 1.807) is 0 Å². The van der Waals surface area contributed by atoms with Crippen molar-refractivity contribution >= 4 is 16.9 Å². The minimum absolute atomic E-state index is 0.201. The van der Waals surface area contributed by atoms with E-state index in [0.717, 1.165) is 41.8 Å². The highest BCUT2D eigenvalue weighted by Crippen LogP contribution is 2.19. The summed E-state index contributed by atoms with van der Waals surface area (Å²) in [4.78, 5) is 22.4. The maximum Gasteiger partial charge on any atom is 0.223 e. The minimum Gasteiger partial charge on any atom is -0.342 e. The molecule has 3 N–H and O–H groups in total. The first-order chi connectivity index (χ1) is 10.7. The van der Waals surface area contributed by atoms with Crippen LogP contribution in [-0.4, -0.2) is 39.9 Å². The summed E-state index contributed by atoms with van der Waals surface area (Å²) in [7, 11) is 0. The predicted octanol–water partition coefficient (Wildman–Crippen LogP) is 2.14. The minimum atomic E-state index is 0.201. The second-order valence-electron chi connectivity index (χ2n) is 6.13. The molecule has 1 fully saturated rings. The summed E-state index contributed by atoms with van der Waals surface area (Å²) in [5.74, 6) is 1.09. The van der Waals surface area contributed by atoms with E-state index < -0.39 is 0 Å². The second kappa shape index (κ2) is 6.48. The number of para-hydroxylation sites is 1. The van der Waals surface area contributed by atoms with Gasteiger partial charge in [0, 0.05) is 32.0 Å². The van der Waals surface area contributed by atoms with E-state index in [1.165, 1.54) is 6.42 Å². The fourth-order valence-corrected chi connectivity index (χ4v) is 3.29. The molecule has 1 aromatic heterocycles. The average Bonchev–Trinajstić information content (AvgIpc) is 2.97. The van der Waals surface area contributed by atoms with Crippen molar-refractivity contribution in [2.24, 2.45) is 5.73 Å². The molecular formula is C17H24N4O. The number of aromatic nitrogens is 2. The van der Waals surface area contributed by atoms with E-state index >= 15 is 0 Å². The number of nitrogens with zero attached hydrogens (tertiary/aromatic N) is 2. The Balaban J connectivity index is 1.65. The molecule has 1 amide bonds. The maximum atomic E-state index is 12.5. The number of nitrogens with one attached hydrogen (secondary N) is 1. The summed E-state index contributed by atoms with van der Waals surface area (Å²) in [6.07, 6.45) is 4.45.